The molecule has 1 aromatic heterocycles. The van der Waals surface area contributed by atoms with Crippen LogP contribution in [0, 0.1) is 6.92 Å². The second-order valence-corrected chi connectivity index (χ2v) is 5.90. The van der Waals surface area contributed by atoms with Crippen molar-refractivity contribution in [2.45, 2.75) is 38.8 Å². The van der Waals surface area contributed by atoms with Crippen molar-refractivity contribution in [2.75, 3.05) is 26.2 Å². The molecule has 0 bridgehead atoms. The number of nitrogens with one attached hydrogen (secondary N) is 1. The Bertz CT molecular complexity index is 548. The fourth-order valence-electron chi connectivity index (χ4n) is 2.67. The summed E-state index contributed by atoms with van der Waals surface area (Å²) in [6, 6.07) is 3.51. The standard InChI is InChI=1S/C16H25N3O3/c1-13-4-2-9-19(16(13)22)12-15(21)17-7-3-8-18-10-5-14(20)6-11-18/h2,4,9,14,20H,3,5-8,10-12H2,1H3,(H,17,21). The Morgan fingerprint density at radius 1 is 1.41 bits per heavy atom. The molecule has 6 nitrogen and oxygen atoms in total. The summed E-state index contributed by atoms with van der Waals surface area (Å²) in [5, 5.41) is 12.3. The molecule has 122 valence electrons. The molecule has 6 heteroatoms. The summed E-state index contributed by atoms with van der Waals surface area (Å²) >= 11 is 0. The molecular weight excluding hydrogens is 282 g/mol. The van der Waals surface area contributed by atoms with E-state index in [1.807, 2.05) is 0 Å². The van der Waals surface area contributed by atoms with Crippen molar-refractivity contribution in [1.29, 1.82) is 0 Å². The third-order valence-electron chi connectivity index (χ3n) is 4.05. The predicted molar refractivity (Wildman–Crippen MR) is 84.7 cm³/mol. The van der Waals surface area contributed by atoms with Gasteiger partial charge in [0.05, 0.1) is 6.10 Å². The van der Waals surface area contributed by atoms with Gasteiger partial charge in [-0.15, -0.1) is 0 Å². The van der Waals surface area contributed by atoms with Crippen LogP contribution in [0.3, 0.4) is 0 Å². The molecule has 1 fully saturated rings. The number of hydrogen-bond donors (Lipinski definition) is 2. The molecule has 0 atom stereocenters. The van der Waals surface area contributed by atoms with Crippen LogP contribution in [0.25, 0.3) is 0 Å². The summed E-state index contributed by atoms with van der Waals surface area (Å²) in [7, 11) is 0. The van der Waals surface area contributed by atoms with Gasteiger partial charge >= 0.3 is 0 Å². The van der Waals surface area contributed by atoms with Crippen LogP contribution in [-0.2, 0) is 11.3 Å². The van der Waals surface area contributed by atoms with Crippen LogP contribution in [0.1, 0.15) is 24.8 Å². The Balaban J connectivity index is 1.66. The maximum absolute atomic E-state index is 11.9. The predicted octanol–water partition coefficient (Wildman–Crippen LogP) is 0.120. The molecular formula is C16H25N3O3. The molecule has 0 spiro atoms. The van der Waals surface area contributed by atoms with E-state index in [1.54, 1.807) is 25.3 Å². The number of pyridine rings is 1. The Morgan fingerprint density at radius 3 is 2.86 bits per heavy atom. The number of carbonyl (C=O) groups is 1. The SMILES string of the molecule is Cc1cccn(CC(=O)NCCCN2CCC(O)CC2)c1=O. The van der Waals surface area contributed by atoms with Gasteiger partial charge in [-0.05, 0) is 38.8 Å². The molecule has 1 aromatic rings. The average molecular weight is 307 g/mol. The van der Waals surface area contributed by atoms with Crippen LogP contribution < -0.4 is 10.9 Å². The number of amides is 1. The number of aliphatic hydroxyl groups is 1. The molecule has 0 radical (unpaired) electrons. The number of piperidine rings is 1. The number of hydrogen-bond acceptors (Lipinski definition) is 4. The minimum Gasteiger partial charge on any atom is -0.393 e. The lowest BCUT2D eigenvalue weighted by atomic mass is 10.1. The van der Waals surface area contributed by atoms with Gasteiger partial charge in [0.2, 0.25) is 5.91 Å². The lowest BCUT2D eigenvalue weighted by Crippen LogP contribution is -2.38. The van der Waals surface area contributed by atoms with Crippen molar-refractivity contribution < 1.29 is 9.90 Å². The van der Waals surface area contributed by atoms with Gasteiger partial charge in [0.1, 0.15) is 6.54 Å². The number of aromatic nitrogens is 1. The van der Waals surface area contributed by atoms with Gasteiger partial charge in [-0.25, -0.2) is 0 Å². The largest absolute Gasteiger partial charge is 0.393 e. The molecule has 1 saturated heterocycles. The lowest BCUT2D eigenvalue weighted by molar-refractivity contribution is -0.121. The van der Waals surface area contributed by atoms with Crippen LogP contribution in [0.4, 0.5) is 0 Å². The van der Waals surface area contributed by atoms with E-state index in [9.17, 15) is 14.7 Å². The Morgan fingerprint density at radius 2 is 2.14 bits per heavy atom. The molecule has 2 heterocycles. The number of rotatable bonds is 6. The minimum absolute atomic E-state index is 0.0659. The monoisotopic (exact) mass is 307 g/mol. The van der Waals surface area contributed by atoms with Crippen LogP contribution in [0.15, 0.2) is 23.1 Å². The van der Waals surface area contributed by atoms with Crippen LogP contribution in [0.2, 0.25) is 0 Å². The molecule has 1 aliphatic heterocycles. The zero-order chi connectivity index (χ0) is 15.9. The number of aryl methyl sites for hydroxylation is 1. The van der Waals surface area contributed by atoms with E-state index in [0.29, 0.717) is 12.1 Å². The molecule has 0 aliphatic carbocycles. The molecule has 0 saturated carbocycles. The summed E-state index contributed by atoms with van der Waals surface area (Å²) in [4.78, 5) is 26.0. The molecule has 1 aliphatic rings. The lowest BCUT2D eigenvalue weighted by Gasteiger charge is -2.29. The summed E-state index contributed by atoms with van der Waals surface area (Å²) < 4.78 is 1.43. The fourth-order valence-corrected chi connectivity index (χ4v) is 2.67. The van der Waals surface area contributed by atoms with Crippen LogP contribution in [0.5, 0.6) is 0 Å². The maximum Gasteiger partial charge on any atom is 0.253 e. The van der Waals surface area contributed by atoms with Crippen molar-refractivity contribution in [1.82, 2.24) is 14.8 Å². The first-order valence-electron chi connectivity index (χ1n) is 7.89. The third kappa shape index (κ3) is 4.96. The first-order valence-corrected chi connectivity index (χ1v) is 7.89. The highest BCUT2D eigenvalue weighted by Crippen LogP contribution is 2.09. The first-order chi connectivity index (χ1) is 10.6. The average Bonchev–Trinajstić information content (AvgIpc) is 2.50. The van der Waals surface area contributed by atoms with Crippen LogP contribution in [-0.4, -0.2) is 52.8 Å². The molecule has 2 rings (SSSR count). The summed E-state index contributed by atoms with van der Waals surface area (Å²) in [6.45, 7) is 5.19. The number of carbonyl (C=O) groups excluding carboxylic acids is 1. The second kappa shape index (κ2) is 8.10. The van der Waals surface area contributed by atoms with Crippen molar-refractivity contribution in [3.63, 3.8) is 0 Å². The van der Waals surface area contributed by atoms with Gasteiger partial charge in [-0.3, -0.25) is 9.59 Å². The first kappa shape index (κ1) is 16.7. The minimum atomic E-state index is -0.149. The number of nitrogens with zero attached hydrogens (tertiary/aromatic N) is 2. The quantitative estimate of drug-likeness (QED) is 0.732. The van der Waals surface area contributed by atoms with E-state index in [-0.39, 0.29) is 24.1 Å². The van der Waals surface area contributed by atoms with Crippen molar-refractivity contribution in [3.8, 4) is 0 Å². The van der Waals surface area contributed by atoms with E-state index in [1.165, 1.54) is 4.57 Å². The normalized spacial score (nSPS) is 16.6. The summed E-state index contributed by atoms with van der Waals surface area (Å²) in [5.74, 6) is -0.137. The summed E-state index contributed by atoms with van der Waals surface area (Å²) in [5.41, 5.74) is 0.520. The Hall–Kier alpha value is -1.66. The van der Waals surface area contributed by atoms with E-state index >= 15 is 0 Å². The van der Waals surface area contributed by atoms with E-state index in [0.717, 1.165) is 38.9 Å². The van der Waals surface area contributed by atoms with E-state index in [4.69, 9.17) is 0 Å². The molecule has 2 N–H and O–H groups in total. The molecule has 0 aromatic carbocycles. The zero-order valence-electron chi connectivity index (χ0n) is 13.1. The van der Waals surface area contributed by atoms with Crippen molar-refractivity contribution >= 4 is 5.91 Å². The fraction of sp³-hybridized carbons (Fsp3) is 0.625. The highest BCUT2D eigenvalue weighted by Gasteiger charge is 2.16. The van der Waals surface area contributed by atoms with Gasteiger partial charge in [0, 0.05) is 31.4 Å². The molecule has 22 heavy (non-hydrogen) atoms. The Labute approximate surface area is 130 Å². The summed E-state index contributed by atoms with van der Waals surface area (Å²) in [6.07, 6.45) is 4.03. The van der Waals surface area contributed by atoms with Gasteiger partial charge in [-0.1, -0.05) is 6.07 Å². The van der Waals surface area contributed by atoms with E-state index in [2.05, 4.69) is 10.2 Å². The van der Waals surface area contributed by atoms with Crippen LogP contribution >= 0.6 is 0 Å². The van der Waals surface area contributed by atoms with Gasteiger partial charge in [-0.2, -0.15) is 0 Å². The second-order valence-electron chi connectivity index (χ2n) is 5.90. The van der Waals surface area contributed by atoms with E-state index < -0.39 is 0 Å². The highest BCUT2D eigenvalue weighted by molar-refractivity contribution is 5.75. The third-order valence-corrected chi connectivity index (χ3v) is 4.05. The molecule has 1 amide bonds. The van der Waals surface area contributed by atoms with Gasteiger partial charge < -0.3 is 19.9 Å². The topological polar surface area (TPSA) is 74.6 Å². The zero-order valence-corrected chi connectivity index (χ0v) is 13.1. The Kier molecular flexibility index (Phi) is 6.15. The maximum atomic E-state index is 11.9. The number of likely N-dealkylation sites (tertiary alicyclic amines) is 1. The number of aliphatic hydroxyl groups excluding tert-OH is 1. The van der Waals surface area contributed by atoms with Crippen molar-refractivity contribution in [2.24, 2.45) is 0 Å². The smallest absolute Gasteiger partial charge is 0.253 e. The van der Waals surface area contributed by atoms with Gasteiger partial charge in [0.25, 0.3) is 5.56 Å². The van der Waals surface area contributed by atoms with Crippen molar-refractivity contribution in [3.05, 3.63) is 34.2 Å². The molecule has 0 unspecified atom stereocenters. The van der Waals surface area contributed by atoms with Gasteiger partial charge in [0.15, 0.2) is 0 Å². The highest BCUT2D eigenvalue weighted by atomic mass is 16.3.